The average Bonchev–Trinajstić information content (AvgIpc) is 2.03. The van der Waals surface area contributed by atoms with Crippen LogP contribution in [-0.2, 0) is 0 Å². The van der Waals surface area contributed by atoms with Gasteiger partial charge in [0.05, 0.1) is 0 Å². The van der Waals surface area contributed by atoms with Crippen molar-refractivity contribution >= 4 is 23.7 Å². The van der Waals surface area contributed by atoms with Crippen molar-refractivity contribution in [2.45, 2.75) is 5.03 Å². The number of thioether (sulfide) groups is 1. The molecule has 6 heteroatoms. The maximum atomic E-state index is 10.5. The lowest BCUT2D eigenvalue weighted by Crippen LogP contribution is -2.05. The number of carboxylic acids is 1. The molecule has 1 rings (SSSR count). The zero-order chi connectivity index (χ0) is 9.14. The van der Waals surface area contributed by atoms with Crippen molar-refractivity contribution in [3.05, 3.63) is 11.8 Å². The Morgan fingerprint density at radius 3 is 2.83 bits per heavy atom. The SMILES string of the molecule is CSc1cc(C(=O)O)nc(N)n1. The van der Waals surface area contributed by atoms with Gasteiger partial charge in [0, 0.05) is 6.07 Å². The summed E-state index contributed by atoms with van der Waals surface area (Å²) in [5.74, 6) is -1.11. The summed E-state index contributed by atoms with van der Waals surface area (Å²) < 4.78 is 0. The molecule has 0 aliphatic rings. The topological polar surface area (TPSA) is 89.1 Å². The molecule has 12 heavy (non-hydrogen) atoms. The van der Waals surface area contributed by atoms with E-state index in [9.17, 15) is 4.79 Å². The first kappa shape index (κ1) is 8.79. The van der Waals surface area contributed by atoms with Crippen LogP contribution in [0.1, 0.15) is 10.5 Å². The summed E-state index contributed by atoms with van der Waals surface area (Å²) in [5.41, 5.74) is 5.20. The Morgan fingerprint density at radius 1 is 1.67 bits per heavy atom. The van der Waals surface area contributed by atoms with Gasteiger partial charge in [-0.25, -0.2) is 14.8 Å². The van der Waals surface area contributed by atoms with Crippen LogP contribution < -0.4 is 5.73 Å². The fourth-order valence-electron chi connectivity index (χ4n) is 0.657. The minimum absolute atomic E-state index is 0.0146. The van der Waals surface area contributed by atoms with Gasteiger partial charge in [-0.3, -0.25) is 0 Å². The lowest BCUT2D eigenvalue weighted by atomic mass is 10.4. The predicted molar refractivity (Wildman–Crippen MR) is 45.2 cm³/mol. The summed E-state index contributed by atoms with van der Waals surface area (Å²) >= 11 is 1.32. The normalized spacial score (nSPS) is 9.75. The number of rotatable bonds is 2. The third kappa shape index (κ3) is 1.85. The number of carbonyl (C=O) groups is 1. The van der Waals surface area contributed by atoms with E-state index >= 15 is 0 Å². The summed E-state index contributed by atoms with van der Waals surface area (Å²) in [4.78, 5) is 17.8. The van der Waals surface area contributed by atoms with Gasteiger partial charge in [0.1, 0.15) is 5.03 Å². The summed E-state index contributed by atoms with van der Waals surface area (Å²) in [7, 11) is 0. The van der Waals surface area contributed by atoms with E-state index in [0.29, 0.717) is 5.03 Å². The number of hydrogen-bond acceptors (Lipinski definition) is 5. The molecule has 0 fully saturated rings. The number of hydrogen-bond donors (Lipinski definition) is 2. The number of aromatic carboxylic acids is 1. The maximum absolute atomic E-state index is 10.5. The monoisotopic (exact) mass is 185 g/mol. The quantitative estimate of drug-likeness (QED) is 0.514. The molecule has 1 aromatic heterocycles. The molecule has 0 bridgehead atoms. The molecule has 0 unspecified atom stereocenters. The van der Waals surface area contributed by atoms with Gasteiger partial charge < -0.3 is 10.8 Å². The van der Waals surface area contributed by atoms with E-state index in [0.717, 1.165) is 0 Å². The molecule has 1 heterocycles. The van der Waals surface area contributed by atoms with E-state index in [2.05, 4.69) is 9.97 Å². The first-order valence-electron chi connectivity index (χ1n) is 3.05. The van der Waals surface area contributed by atoms with Crippen LogP contribution in [0.4, 0.5) is 5.95 Å². The molecule has 5 nitrogen and oxygen atoms in total. The zero-order valence-electron chi connectivity index (χ0n) is 6.31. The third-order valence-electron chi connectivity index (χ3n) is 1.15. The van der Waals surface area contributed by atoms with Crippen molar-refractivity contribution in [1.82, 2.24) is 9.97 Å². The van der Waals surface area contributed by atoms with Gasteiger partial charge in [0.25, 0.3) is 0 Å². The third-order valence-corrected chi connectivity index (χ3v) is 1.78. The highest BCUT2D eigenvalue weighted by Crippen LogP contribution is 2.13. The number of aromatic nitrogens is 2. The highest BCUT2D eigenvalue weighted by Gasteiger charge is 2.07. The van der Waals surface area contributed by atoms with Crippen LogP contribution >= 0.6 is 11.8 Å². The Kier molecular flexibility index (Phi) is 2.49. The second-order valence-corrected chi connectivity index (χ2v) is 2.79. The molecule has 0 saturated carbocycles. The molecule has 0 atom stereocenters. The van der Waals surface area contributed by atoms with Crippen molar-refractivity contribution in [3.63, 3.8) is 0 Å². The smallest absolute Gasteiger partial charge is 0.354 e. The van der Waals surface area contributed by atoms with E-state index in [1.165, 1.54) is 17.8 Å². The Labute approximate surface area is 73.0 Å². The summed E-state index contributed by atoms with van der Waals surface area (Å²) in [6.07, 6.45) is 1.79. The molecule has 0 aliphatic carbocycles. The molecule has 0 saturated heterocycles. The van der Waals surface area contributed by atoms with Crippen molar-refractivity contribution in [2.75, 3.05) is 12.0 Å². The molecule has 0 amide bonds. The lowest BCUT2D eigenvalue weighted by Gasteiger charge is -1.98. The van der Waals surface area contributed by atoms with Crippen LogP contribution in [0.2, 0.25) is 0 Å². The Bertz CT molecular complexity index is 316. The van der Waals surface area contributed by atoms with Crippen LogP contribution in [0.15, 0.2) is 11.1 Å². The largest absolute Gasteiger partial charge is 0.477 e. The molecular formula is C6H7N3O2S. The van der Waals surface area contributed by atoms with Gasteiger partial charge in [-0.15, -0.1) is 11.8 Å². The zero-order valence-corrected chi connectivity index (χ0v) is 7.13. The number of carboxylic acid groups (broad SMARTS) is 1. The minimum Gasteiger partial charge on any atom is -0.477 e. The molecule has 0 aromatic carbocycles. The van der Waals surface area contributed by atoms with Gasteiger partial charge in [0.15, 0.2) is 5.69 Å². The fraction of sp³-hybridized carbons (Fsp3) is 0.167. The van der Waals surface area contributed by atoms with E-state index in [1.807, 2.05) is 0 Å². The maximum Gasteiger partial charge on any atom is 0.354 e. The van der Waals surface area contributed by atoms with E-state index in [1.54, 1.807) is 6.26 Å². The molecular weight excluding hydrogens is 178 g/mol. The van der Waals surface area contributed by atoms with E-state index < -0.39 is 5.97 Å². The summed E-state index contributed by atoms with van der Waals surface area (Å²) in [6, 6.07) is 1.38. The lowest BCUT2D eigenvalue weighted by molar-refractivity contribution is 0.0690. The minimum atomic E-state index is -1.10. The first-order chi connectivity index (χ1) is 5.63. The summed E-state index contributed by atoms with van der Waals surface area (Å²) in [6.45, 7) is 0. The second-order valence-electron chi connectivity index (χ2n) is 1.96. The van der Waals surface area contributed by atoms with Gasteiger partial charge in [0.2, 0.25) is 5.95 Å². The van der Waals surface area contributed by atoms with Gasteiger partial charge in [-0.2, -0.15) is 0 Å². The first-order valence-corrected chi connectivity index (χ1v) is 4.28. The number of anilines is 1. The van der Waals surface area contributed by atoms with E-state index in [4.69, 9.17) is 10.8 Å². The Hall–Kier alpha value is -1.30. The van der Waals surface area contributed by atoms with Crippen LogP contribution in [0.5, 0.6) is 0 Å². The van der Waals surface area contributed by atoms with Crippen molar-refractivity contribution < 1.29 is 9.90 Å². The van der Waals surface area contributed by atoms with Crippen molar-refractivity contribution in [1.29, 1.82) is 0 Å². The second kappa shape index (κ2) is 3.40. The molecule has 3 N–H and O–H groups in total. The number of nitrogens with zero attached hydrogens (tertiary/aromatic N) is 2. The Morgan fingerprint density at radius 2 is 2.33 bits per heavy atom. The predicted octanol–water partition coefficient (Wildman–Crippen LogP) is 0.479. The van der Waals surface area contributed by atoms with E-state index in [-0.39, 0.29) is 11.6 Å². The summed E-state index contributed by atoms with van der Waals surface area (Å²) in [5, 5.41) is 9.13. The van der Waals surface area contributed by atoms with Crippen LogP contribution in [0.3, 0.4) is 0 Å². The number of nitrogens with two attached hydrogens (primary N) is 1. The van der Waals surface area contributed by atoms with Gasteiger partial charge in [-0.1, -0.05) is 0 Å². The van der Waals surface area contributed by atoms with Crippen molar-refractivity contribution in [3.8, 4) is 0 Å². The highest BCUT2D eigenvalue weighted by molar-refractivity contribution is 7.98. The van der Waals surface area contributed by atoms with Crippen LogP contribution in [-0.4, -0.2) is 27.3 Å². The van der Waals surface area contributed by atoms with Gasteiger partial charge >= 0.3 is 5.97 Å². The van der Waals surface area contributed by atoms with Crippen LogP contribution in [0, 0.1) is 0 Å². The average molecular weight is 185 g/mol. The van der Waals surface area contributed by atoms with Crippen molar-refractivity contribution in [2.24, 2.45) is 0 Å². The Balaban J connectivity index is 3.15. The molecule has 0 radical (unpaired) electrons. The molecule has 0 aliphatic heterocycles. The fourth-order valence-corrected chi connectivity index (χ4v) is 1.07. The highest BCUT2D eigenvalue weighted by atomic mass is 32.2. The van der Waals surface area contributed by atoms with Gasteiger partial charge in [-0.05, 0) is 6.26 Å². The number of nitrogen functional groups attached to an aromatic ring is 1. The molecule has 0 spiro atoms. The standard InChI is InChI=1S/C6H7N3O2S/c1-12-4-2-3(5(10)11)8-6(7)9-4/h2H,1H3,(H,10,11)(H2,7,8,9). The molecule has 1 aromatic rings. The molecule has 64 valence electrons. The van der Waals surface area contributed by atoms with Crippen LogP contribution in [0.25, 0.3) is 0 Å².